The van der Waals surface area contributed by atoms with Crippen LogP contribution in [-0.2, 0) is 20.0 Å². The minimum absolute atomic E-state index is 0.411. The fourth-order valence-corrected chi connectivity index (χ4v) is 2.97. The number of aryl methyl sites for hydroxylation is 2. The van der Waals surface area contributed by atoms with Gasteiger partial charge in [-0.2, -0.15) is 5.10 Å². The molecule has 136 valence electrons. The Morgan fingerprint density at radius 2 is 2.12 bits per heavy atom. The lowest BCUT2D eigenvalue weighted by Crippen LogP contribution is -2.39. The largest absolute Gasteiger partial charge is 0.356 e. The average Bonchev–Trinajstić information content (AvgIpc) is 2.93. The van der Waals surface area contributed by atoms with Gasteiger partial charge in [0.1, 0.15) is 0 Å². The van der Waals surface area contributed by atoms with Gasteiger partial charge in [0.05, 0.1) is 5.69 Å². The Morgan fingerprint density at radius 3 is 2.76 bits per heavy atom. The van der Waals surface area contributed by atoms with Gasteiger partial charge in [0.25, 0.3) is 0 Å². The number of guanidine groups is 1. The van der Waals surface area contributed by atoms with E-state index in [0.717, 1.165) is 31.2 Å². The molecule has 0 aliphatic heterocycles. The van der Waals surface area contributed by atoms with Crippen molar-refractivity contribution in [2.75, 3.05) is 20.6 Å². The van der Waals surface area contributed by atoms with E-state index in [1.165, 1.54) is 16.7 Å². The third-order valence-corrected chi connectivity index (χ3v) is 4.28. The van der Waals surface area contributed by atoms with Crippen molar-refractivity contribution in [1.29, 1.82) is 0 Å². The first-order chi connectivity index (χ1) is 11.9. The van der Waals surface area contributed by atoms with Gasteiger partial charge < -0.3 is 10.2 Å². The first-order valence-electron chi connectivity index (χ1n) is 8.76. The van der Waals surface area contributed by atoms with Gasteiger partial charge in [0.15, 0.2) is 5.96 Å². The predicted molar refractivity (Wildman–Crippen MR) is 103 cm³/mol. The standard InChI is InChI=1S/C19H30N6/c1-14(2)18-17(13-25(6)23-18)12-24(5)19(20-4)22-10-8-16-7-9-21-11-15(16)3/h7,9,11,13-14H,8,10,12H2,1-6H3,(H,20,22). The van der Waals surface area contributed by atoms with Crippen LogP contribution in [0.1, 0.15) is 42.1 Å². The van der Waals surface area contributed by atoms with Gasteiger partial charge in [0.2, 0.25) is 0 Å². The van der Waals surface area contributed by atoms with E-state index < -0.39 is 0 Å². The first-order valence-corrected chi connectivity index (χ1v) is 8.76. The molecule has 2 aromatic heterocycles. The zero-order chi connectivity index (χ0) is 18.4. The Labute approximate surface area is 151 Å². The van der Waals surface area contributed by atoms with E-state index in [0.29, 0.717) is 5.92 Å². The van der Waals surface area contributed by atoms with Crippen molar-refractivity contribution in [3.05, 3.63) is 47.0 Å². The van der Waals surface area contributed by atoms with Crippen molar-refractivity contribution in [2.45, 2.75) is 39.7 Å². The number of rotatable bonds is 6. The highest BCUT2D eigenvalue weighted by atomic mass is 15.3. The molecule has 0 saturated carbocycles. The van der Waals surface area contributed by atoms with Crippen LogP contribution >= 0.6 is 0 Å². The molecule has 0 aliphatic carbocycles. The smallest absolute Gasteiger partial charge is 0.193 e. The molecule has 6 nitrogen and oxygen atoms in total. The number of nitrogens with one attached hydrogen (secondary N) is 1. The average molecular weight is 342 g/mol. The third-order valence-electron chi connectivity index (χ3n) is 4.28. The molecular weight excluding hydrogens is 312 g/mol. The van der Waals surface area contributed by atoms with Gasteiger partial charge in [-0.05, 0) is 36.5 Å². The van der Waals surface area contributed by atoms with Crippen molar-refractivity contribution in [1.82, 2.24) is 25.0 Å². The molecule has 0 spiro atoms. The highest BCUT2D eigenvalue weighted by Gasteiger charge is 2.15. The van der Waals surface area contributed by atoms with Crippen LogP contribution in [0.3, 0.4) is 0 Å². The summed E-state index contributed by atoms with van der Waals surface area (Å²) in [5.74, 6) is 1.31. The summed E-state index contributed by atoms with van der Waals surface area (Å²) in [6.45, 7) is 8.08. The maximum absolute atomic E-state index is 4.58. The fourth-order valence-electron chi connectivity index (χ4n) is 2.97. The maximum atomic E-state index is 4.58. The molecule has 0 radical (unpaired) electrons. The van der Waals surface area contributed by atoms with Gasteiger partial charge in [-0.1, -0.05) is 13.8 Å². The van der Waals surface area contributed by atoms with E-state index in [1.807, 2.05) is 31.2 Å². The Balaban J connectivity index is 1.95. The SMILES string of the molecule is CN=C(NCCc1ccncc1C)N(C)Cc1cn(C)nc1C(C)C. The zero-order valence-electron chi connectivity index (χ0n) is 16.2. The minimum Gasteiger partial charge on any atom is -0.356 e. The van der Waals surface area contributed by atoms with Gasteiger partial charge >= 0.3 is 0 Å². The second-order valence-electron chi connectivity index (χ2n) is 6.75. The van der Waals surface area contributed by atoms with Crippen LogP contribution in [0.4, 0.5) is 0 Å². The Bertz CT molecular complexity index is 716. The molecule has 0 aliphatic rings. The Morgan fingerprint density at radius 1 is 1.36 bits per heavy atom. The highest BCUT2D eigenvalue weighted by molar-refractivity contribution is 5.79. The molecule has 2 aromatic rings. The molecule has 2 heterocycles. The number of aromatic nitrogens is 3. The topological polar surface area (TPSA) is 58.3 Å². The molecule has 0 bridgehead atoms. The maximum Gasteiger partial charge on any atom is 0.193 e. The van der Waals surface area contributed by atoms with Crippen LogP contribution in [0.25, 0.3) is 0 Å². The summed E-state index contributed by atoms with van der Waals surface area (Å²) in [4.78, 5) is 10.7. The molecule has 25 heavy (non-hydrogen) atoms. The van der Waals surface area contributed by atoms with E-state index in [2.05, 4.69) is 65.4 Å². The molecule has 2 rings (SSSR count). The van der Waals surface area contributed by atoms with Crippen LogP contribution in [0.15, 0.2) is 29.6 Å². The number of pyridine rings is 1. The number of nitrogens with zero attached hydrogens (tertiary/aromatic N) is 5. The van der Waals surface area contributed by atoms with Crippen molar-refractivity contribution in [3.63, 3.8) is 0 Å². The lowest BCUT2D eigenvalue weighted by atomic mass is 10.1. The molecule has 0 unspecified atom stereocenters. The third kappa shape index (κ3) is 5.05. The van der Waals surface area contributed by atoms with E-state index in [9.17, 15) is 0 Å². The van der Waals surface area contributed by atoms with Gasteiger partial charge in [0, 0.05) is 58.4 Å². The van der Waals surface area contributed by atoms with Crippen LogP contribution in [0.5, 0.6) is 0 Å². The molecule has 1 N–H and O–H groups in total. The summed E-state index contributed by atoms with van der Waals surface area (Å²) in [7, 11) is 5.85. The summed E-state index contributed by atoms with van der Waals surface area (Å²) in [6, 6.07) is 2.08. The van der Waals surface area contributed by atoms with E-state index in [1.54, 1.807) is 0 Å². The Hall–Kier alpha value is -2.37. The molecule has 0 saturated heterocycles. The van der Waals surface area contributed by atoms with E-state index in [-0.39, 0.29) is 0 Å². The van der Waals surface area contributed by atoms with Crippen LogP contribution in [0, 0.1) is 6.92 Å². The summed E-state index contributed by atoms with van der Waals surface area (Å²) < 4.78 is 1.89. The first kappa shape index (κ1) is 19.0. The van der Waals surface area contributed by atoms with Crippen molar-refractivity contribution in [3.8, 4) is 0 Å². The van der Waals surface area contributed by atoms with Crippen molar-refractivity contribution < 1.29 is 0 Å². The molecule has 0 aromatic carbocycles. The second kappa shape index (κ2) is 8.65. The summed E-state index contributed by atoms with van der Waals surface area (Å²) in [5, 5.41) is 8.03. The molecule has 0 atom stereocenters. The Kier molecular flexibility index (Phi) is 6.56. The van der Waals surface area contributed by atoms with Crippen LogP contribution in [0.2, 0.25) is 0 Å². The van der Waals surface area contributed by atoms with E-state index in [4.69, 9.17) is 0 Å². The van der Waals surface area contributed by atoms with Gasteiger partial charge in [-0.15, -0.1) is 0 Å². The van der Waals surface area contributed by atoms with Gasteiger partial charge in [-0.25, -0.2) is 0 Å². The summed E-state index contributed by atoms with van der Waals surface area (Å²) in [6.07, 6.45) is 6.80. The molecule has 0 fully saturated rings. The molecule has 0 amide bonds. The van der Waals surface area contributed by atoms with Crippen LogP contribution < -0.4 is 5.32 Å². The lowest BCUT2D eigenvalue weighted by molar-refractivity contribution is 0.474. The summed E-state index contributed by atoms with van der Waals surface area (Å²) >= 11 is 0. The number of hydrogen-bond donors (Lipinski definition) is 1. The minimum atomic E-state index is 0.411. The monoisotopic (exact) mass is 342 g/mol. The van der Waals surface area contributed by atoms with Gasteiger partial charge in [-0.3, -0.25) is 14.7 Å². The second-order valence-corrected chi connectivity index (χ2v) is 6.75. The van der Waals surface area contributed by atoms with Crippen molar-refractivity contribution >= 4 is 5.96 Å². The quantitative estimate of drug-likeness (QED) is 0.647. The van der Waals surface area contributed by atoms with Crippen molar-refractivity contribution in [2.24, 2.45) is 12.0 Å². The molecular formula is C19H30N6. The normalized spacial score (nSPS) is 11.9. The highest BCUT2D eigenvalue weighted by Crippen LogP contribution is 2.18. The summed E-state index contributed by atoms with van der Waals surface area (Å²) in [5.41, 5.74) is 4.93. The molecule has 6 heteroatoms. The van der Waals surface area contributed by atoms with Crippen LogP contribution in [-0.4, -0.2) is 46.3 Å². The van der Waals surface area contributed by atoms with E-state index >= 15 is 0 Å². The number of hydrogen-bond acceptors (Lipinski definition) is 3. The predicted octanol–water partition coefficient (Wildman–Crippen LogP) is 2.50. The fraction of sp³-hybridized carbons (Fsp3) is 0.526. The number of aliphatic imine (C=N–C) groups is 1. The lowest BCUT2D eigenvalue weighted by Gasteiger charge is -2.22. The zero-order valence-corrected chi connectivity index (χ0v) is 16.2.